The summed E-state index contributed by atoms with van der Waals surface area (Å²) >= 11 is 1.55. The predicted molar refractivity (Wildman–Crippen MR) is 129 cm³/mol. The van der Waals surface area contributed by atoms with E-state index in [1.54, 1.807) is 18.4 Å². The lowest BCUT2D eigenvalue weighted by Crippen LogP contribution is -2.40. The molecule has 1 atom stereocenters. The maximum atomic E-state index is 10.3. The van der Waals surface area contributed by atoms with Gasteiger partial charge < -0.3 is 14.7 Å². The molecule has 0 saturated heterocycles. The van der Waals surface area contributed by atoms with Crippen molar-refractivity contribution in [3.8, 4) is 0 Å². The Hall–Kier alpha value is -3.13. The highest BCUT2D eigenvalue weighted by Crippen LogP contribution is 2.28. The number of aliphatic hydroxyl groups excluding tert-OH is 1. The lowest BCUT2D eigenvalue weighted by molar-refractivity contribution is -0.663. The molecule has 0 aliphatic carbocycles. The summed E-state index contributed by atoms with van der Waals surface area (Å²) in [5, 5.41) is 20.0. The summed E-state index contributed by atoms with van der Waals surface area (Å²) in [6.45, 7) is 1.51. The number of thiazole rings is 1. The molecule has 0 aliphatic heterocycles. The van der Waals surface area contributed by atoms with Gasteiger partial charge in [-0.2, -0.15) is 0 Å². The van der Waals surface area contributed by atoms with Crippen LogP contribution in [0.15, 0.2) is 89.1 Å². The Morgan fingerprint density at radius 3 is 2.44 bits per heavy atom. The van der Waals surface area contributed by atoms with Gasteiger partial charge in [0.05, 0.1) is 16.4 Å². The van der Waals surface area contributed by atoms with Crippen LogP contribution in [0.25, 0.3) is 10.2 Å². The van der Waals surface area contributed by atoms with Crippen molar-refractivity contribution in [1.82, 2.24) is 0 Å². The molecule has 0 aliphatic rings. The number of fused-ring (bicyclic) bond motifs is 1. The van der Waals surface area contributed by atoms with Crippen molar-refractivity contribution < 1.29 is 14.4 Å². The molecule has 3 aromatic carbocycles. The standard InChI is InChI=1S/C25H27N4O2S/c1-28(16-19-8-4-3-5-9-19)21-14-12-20(13-15-21)26-27-25-29(17-22(30)18-31-2)23-10-6-7-11-24(23)32-25/h3-15,22,30H,16-18H2,1-2H3/q+1. The first kappa shape index (κ1) is 22.1. The van der Waals surface area contributed by atoms with Crippen LogP contribution < -0.4 is 9.47 Å². The molecular weight excluding hydrogens is 420 g/mol. The van der Waals surface area contributed by atoms with Gasteiger partial charge in [-0.15, -0.1) is 0 Å². The SMILES string of the molecule is COCC(O)C[n+]1c(N=Nc2ccc(N(C)Cc3ccccc3)cc2)sc2ccccc21. The number of ether oxygens (including phenoxy) is 1. The van der Waals surface area contributed by atoms with Gasteiger partial charge in [-0.05, 0) is 58.4 Å². The van der Waals surface area contributed by atoms with Crippen LogP contribution in [0.3, 0.4) is 0 Å². The van der Waals surface area contributed by atoms with Crippen LogP contribution >= 0.6 is 11.3 Å². The topological polar surface area (TPSA) is 61.3 Å². The normalized spacial score (nSPS) is 12.5. The average Bonchev–Trinajstić information content (AvgIpc) is 3.16. The van der Waals surface area contributed by atoms with Crippen LogP contribution in [0.5, 0.6) is 0 Å². The van der Waals surface area contributed by atoms with E-state index in [0.717, 1.165) is 33.3 Å². The maximum Gasteiger partial charge on any atom is 0.409 e. The summed E-state index contributed by atoms with van der Waals surface area (Å²) in [5.41, 5.74) is 4.19. The molecule has 4 aromatic rings. The Labute approximate surface area is 192 Å². The molecule has 7 heteroatoms. The lowest BCUT2D eigenvalue weighted by atomic mass is 10.2. The number of aromatic nitrogens is 1. The number of aliphatic hydroxyl groups is 1. The third-order valence-electron chi connectivity index (χ3n) is 5.14. The van der Waals surface area contributed by atoms with E-state index in [2.05, 4.69) is 64.6 Å². The number of nitrogens with zero attached hydrogens (tertiary/aromatic N) is 4. The van der Waals surface area contributed by atoms with E-state index >= 15 is 0 Å². The van der Waals surface area contributed by atoms with Crippen molar-refractivity contribution in [3.05, 3.63) is 84.4 Å². The Morgan fingerprint density at radius 2 is 1.69 bits per heavy atom. The van der Waals surface area contributed by atoms with Gasteiger partial charge in [0.2, 0.25) is 0 Å². The first-order valence-electron chi connectivity index (χ1n) is 10.5. The molecule has 164 valence electrons. The Bertz CT molecular complexity index is 1180. The van der Waals surface area contributed by atoms with E-state index in [0.29, 0.717) is 6.54 Å². The second-order valence-corrected chi connectivity index (χ2v) is 8.64. The smallest absolute Gasteiger partial charge is 0.387 e. The molecular formula is C25H27N4O2S+. The third-order valence-corrected chi connectivity index (χ3v) is 6.19. The number of hydrogen-bond donors (Lipinski definition) is 1. The second-order valence-electron chi connectivity index (χ2n) is 7.63. The molecule has 0 bridgehead atoms. The van der Waals surface area contributed by atoms with Crippen molar-refractivity contribution in [2.24, 2.45) is 10.2 Å². The number of anilines is 1. The summed E-state index contributed by atoms with van der Waals surface area (Å²) in [4.78, 5) is 2.20. The zero-order chi connectivity index (χ0) is 22.3. The number of hydrogen-bond acceptors (Lipinski definition) is 6. The molecule has 1 N–H and O–H groups in total. The summed E-state index contributed by atoms with van der Waals surface area (Å²) in [6.07, 6.45) is -0.614. The molecule has 4 rings (SSSR count). The largest absolute Gasteiger partial charge is 0.409 e. The first-order chi connectivity index (χ1) is 15.6. The zero-order valence-corrected chi connectivity index (χ0v) is 19.1. The van der Waals surface area contributed by atoms with Crippen molar-refractivity contribution in [3.63, 3.8) is 0 Å². The second kappa shape index (κ2) is 10.5. The van der Waals surface area contributed by atoms with Crippen molar-refractivity contribution in [1.29, 1.82) is 0 Å². The zero-order valence-electron chi connectivity index (χ0n) is 18.3. The average molecular weight is 448 g/mol. The summed E-state index contributed by atoms with van der Waals surface area (Å²) < 4.78 is 8.18. The Kier molecular flexibility index (Phi) is 7.21. The molecule has 0 fully saturated rings. The summed E-state index contributed by atoms with van der Waals surface area (Å²) in [6, 6.07) is 26.5. The highest BCUT2D eigenvalue weighted by Gasteiger charge is 2.22. The lowest BCUT2D eigenvalue weighted by Gasteiger charge is -2.19. The maximum absolute atomic E-state index is 10.3. The fourth-order valence-corrected chi connectivity index (χ4v) is 4.54. The van der Waals surface area contributed by atoms with Gasteiger partial charge in [0, 0.05) is 26.4 Å². The number of benzene rings is 3. The van der Waals surface area contributed by atoms with E-state index < -0.39 is 6.10 Å². The first-order valence-corrected chi connectivity index (χ1v) is 11.3. The van der Waals surface area contributed by atoms with Gasteiger partial charge >= 0.3 is 5.13 Å². The van der Waals surface area contributed by atoms with Crippen LogP contribution in [0, 0.1) is 0 Å². The van der Waals surface area contributed by atoms with Gasteiger partial charge in [-0.1, -0.05) is 42.5 Å². The number of azo groups is 1. The van der Waals surface area contributed by atoms with E-state index in [1.807, 2.05) is 41.0 Å². The Balaban J connectivity index is 1.51. The summed E-state index contributed by atoms with van der Waals surface area (Å²) in [5.74, 6) is 0. The van der Waals surface area contributed by atoms with E-state index in [1.165, 1.54) is 5.56 Å². The Morgan fingerprint density at radius 1 is 0.969 bits per heavy atom. The quantitative estimate of drug-likeness (QED) is 0.282. The molecule has 0 spiro atoms. The molecule has 32 heavy (non-hydrogen) atoms. The minimum absolute atomic E-state index is 0.270. The van der Waals surface area contributed by atoms with Gasteiger partial charge in [-0.3, -0.25) is 0 Å². The van der Waals surface area contributed by atoms with E-state index in [4.69, 9.17) is 4.74 Å². The fraction of sp³-hybridized carbons (Fsp3) is 0.240. The molecule has 1 unspecified atom stereocenters. The predicted octanol–water partition coefficient (Wildman–Crippen LogP) is 5.25. The molecule has 0 saturated carbocycles. The van der Waals surface area contributed by atoms with E-state index in [-0.39, 0.29) is 6.61 Å². The van der Waals surface area contributed by atoms with Crippen molar-refractivity contribution in [2.75, 3.05) is 25.7 Å². The summed E-state index contributed by atoms with van der Waals surface area (Å²) in [7, 11) is 3.66. The number of methoxy groups -OCH3 is 1. The van der Waals surface area contributed by atoms with Crippen molar-refractivity contribution >= 4 is 38.1 Å². The molecule has 1 aromatic heterocycles. The number of rotatable bonds is 9. The van der Waals surface area contributed by atoms with Crippen LogP contribution in [-0.2, 0) is 17.8 Å². The van der Waals surface area contributed by atoms with Gasteiger partial charge in [-0.25, -0.2) is 4.57 Å². The molecule has 1 heterocycles. The van der Waals surface area contributed by atoms with E-state index in [9.17, 15) is 5.11 Å². The minimum atomic E-state index is -0.614. The van der Waals surface area contributed by atoms with Gasteiger partial charge in [0.15, 0.2) is 0 Å². The highest BCUT2D eigenvalue weighted by molar-refractivity contribution is 7.21. The van der Waals surface area contributed by atoms with Crippen LogP contribution in [-0.4, -0.2) is 32.0 Å². The monoisotopic (exact) mass is 447 g/mol. The van der Waals surface area contributed by atoms with Gasteiger partial charge in [0.25, 0.3) is 0 Å². The molecule has 0 amide bonds. The highest BCUT2D eigenvalue weighted by atomic mass is 32.1. The third kappa shape index (κ3) is 5.37. The minimum Gasteiger partial charge on any atom is -0.387 e. The van der Waals surface area contributed by atoms with Crippen LogP contribution in [0.2, 0.25) is 0 Å². The molecule has 0 radical (unpaired) electrons. The number of para-hydroxylation sites is 1. The van der Waals surface area contributed by atoms with Crippen LogP contribution in [0.1, 0.15) is 5.56 Å². The van der Waals surface area contributed by atoms with Gasteiger partial charge in [0.1, 0.15) is 23.9 Å². The fourth-order valence-electron chi connectivity index (χ4n) is 3.55. The van der Waals surface area contributed by atoms with Crippen molar-refractivity contribution in [2.45, 2.75) is 19.2 Å². The van der Waals surface area contributed by atoms with Crippen LogP contribution in [0.4, 0.5) is 16.5 Å². The molecule has 6 nitrogen and oxygen atoms in total.